The zero-order chi connectivity index (χ0) is 14.9. The molecule has 2 N–H and O–H groups in total. The average molecular weight is 354 g/mol. The van der Waals surface area contributed by atoms with Crippen LogP contribution in [0.1, 0.15) is 44.6 Å². The van der Waals surface area contributed by atoms with Crippen LogP contribution in [0.5, 0.6) is 5.75 Å². The SMILES string of the molecule is CC(N)Cc1cccc(Br)c1OC1CCOC2(CCC2)C1. The molecule has 116 valence electrons. The van der Waals surface area contributed by atoms with Gasteiger partial charge in [0.2, 0.25) is 0 Å². The lowest BCUT2D eigenvalue weighted by Gasteiger charge is -2.47. The molecule has 3 rings (SSSR count). The minimum absolute atomic E-state index is 0.117. The van der Waals surface area contributed by atoms with Gasteiger partial charge in [0.1, 0.15) is 11.9 Å². The molecule has 1 saturated carbocycles. The van der Waals surface area contributed by atoms with Crippen LogP contribution in [0, 0.1) is 0 Å². The Balaban J connectivity index is 1.74. The van der Waals surface area contributed by atoms with E-state index in [1.165, 1.54) is 24.8 Å². The molecule has 0 amide bonds. The van der Waals surface area contributed by atoms with E-state index in [4.69, 9.17) is 15.2 Å². The summed E-state index contributed by atoms with van der Waals surface area (Å²) in [4.78, 5) is 0. The molecule has 2 unspecified atom stereocenters. The zero-order valence-corrected chi connectivity index (χ0v) is 14.2. The summed E-state index contributed by atoms with van der Waals surface area (Å²) in [6, 6.07) is 6.33. The molecular weight excluding hydrogens is 330 g/mol. The van der Waals surface area contributed by atoms with Crippen molar-refractivity contribution in [1.82, 2.24) is 0 Å². The lowest BCUT2D eigenvalue weighted by molar-refractivity contribution is -0.153. The maximum absolute atomic E-state index is 6.37. The standard InChI is InChI=1S/C17H24BrNO2/c1-12(19)10-13-4-2-5-15(18)16(13)21-14-6-9-20-17(11-14)7-3-8-17/h2,4-5,12,14H,3,6-11,19H2,1H3. The Bertz CT molecular complexity index is 500. The first-order chi connectivity index (χ1) is 10.1. The van der Waals surface area contributed by atoms with E-state index in [9.17, 15) is 0 Å². The molecule has 1 aromatic rings. The summed E-state index contributed by atoms with van der Waals surface area (Å²) in [5.74, 6) is 0.969. The minimum atomic E-state index is 0.117. The van der Waals surface area contributed by atoms with Crippen LogP contribution in [0.15, 0.2) is 22.7 Å². The third kappa shape index (κ3) is 3.43. The molecule has 0 radical (unpaired) electrons. The van der Waals surface area contributed by atoms with Crippen molar-refractivity contribution in [3.05, 3.63) is 28.2 Å². The average Bonchev–Trinajstić information content (AvgIpc) is 2.41. The highest BCUT2D eigenvalue weighted by Gasteiger charge is 2.43. The fourth-order valence-corrected chi connectivity index (χ4v) is 3.86. The number of hydrogen-bond acceptors (Lipinski definition) is 3. The number of ether oxygens (including phenoxy) is 2. The highest BCUT2D eigenvalue weighted by molar-refractivity contribution is 9.10. The highest BCUT2D eigenvalue weighted by atomic mass is 79.9. The second kappa shape index (κ2) is 6.27. The van der Waals surface area contributed by atoms with E-state index < -0.39 is 0 Å². The summed E-state index contributed by atoms with van der Waals surface area (Å²) < 4.78 is 13.4. The molecule has 1 spiro atoms. The third-order valence-electron chi connectivity index (χ3n) is 4.59. The minimum Gasteiger partial charge on any atom is -0.489 e. The lowest BCUT2D eigenvalue weighted by Crippen LogP contribution is -2.48. The number of para-hydroxylation sites is 1. The first-order valence-electron chi connectivity index (χ1n) is 7.92. The normalized spacial score (nSPS) is 25.4. The van der Waals surface area contributed by atoms with E-state index in [0.717, 1.165) is 36.1 Å². The van der Waals surface area contributed by atoms with Crippen LogP contribution in [0.3, 0.4) is 0 Å². The van der Waals surface area contributed by atoms with Crippen LogP contribution in [-0.4, -0.2) is 24.4 Å². The second-order valence-corrected chi connectivity index (χ2v) is 7.38. The molecule has 21 heavy (non-hydrogen) atoms. The molecule has 3 nitrogen and oxygen atoms in total. The predicted octanol–water partition coefficient (Wildman–Crippen LogP) is 3.82. The van der Waals surface area contributed by atoms with Crippen molar-refractivity contribution in [2.24, 2.45) is 5.73 Å². The summed E-state index contributed by atoms with van der Waals surface area (Å²) in [6.45, 7) is 2.85. The van der Waals surface area contributed by atoms with Gasteiger partial charge < -0.3 is 15.2 Å². The molecule has 4 heteroatoms. The van der Waals surface area contributed by atoms with Gasteiger partial charge in [-0.1, -0.05) is 12.1 Å². The molecule has 1 heterocycles. The molecule has 1 aromatic carbocycles. The van der Waals surface area contributed by atoms with Gasteiger partial charge in [0.25, 0.3) is 0 Å². The summed E-state index contributed by atoms with van der Waals surface area (Å²) in [7, 11) is 0. The van der Waals surface area contributed by atoms with Crippen LogP contribution >= 0.6 is 15.9 Å². The Kier molecular flexibility index (Phi) is 4.57. The first kappa shape index (κ1) is 15.3. The number of rotatable bonds is 4. The van der Waals surface area contributed by atoms with E-state index in [0.29, 0.717) is 0 Å². The van der Waals surface area contributed by atoms with Gasteiger partial charge in [-0.25, -0.2) is 0 Å². The van der Waals surface area contributed by atoms with Crippen molar-refractivity contribution in [3.63, 3.8) is 0 Å². The molecule has 0 bridgehead atoms. The van der Waals surface area contributed by atoms with E-state index in [1.54, 1.807) is 0 Å². The molecule has 1 aliphatic carbocycles. The summed E-state index contributed by atoms with van der Waals surface area (Å²) in [6.07, 6.45) is 6.75. The van der Waals surface area contributed by atoms with Crippen molar-refractivity contribution in [2.45, 2.75) is 63.2 Å². The van der Waals surface area contributed by atoms with Crippen LogP contribution in [0.4, 0.5) is 0 Å². The number of nitrogens with two attached hydrogens (primary N) is 1. The number of benzene rings is 1. The van der Waals surface area contributed by atoms with E-state index in [1.807, 2.05) is 19.1 Å². The van der Waals surface area contributed by atoms with Crippen LogP contribution in [0.25, 0.3) is 0 Å². The van der Waals surface area contributed by atoms with E-state index in [-0.39, 0.29) is 17.7 Å². The molecule has 1 aliphatic heterocycles. The molecule has 2 fully saturated rings. The molecule has 2 aliphatic rings. The zero-order valence-electron chi connectivity index (χ0n) is 12.6. The van der Waals surface area contributed by atoms with E-state index >= 15 is 0 Å². The van der Waals surface area contributed by atoms with Crippen molar-refractivity contribution >= 4 is 15.9 Å². The smallest absolute Gasteiger partial charge is 0.137 e. The molecule has 1 saturated heterocycles. The Hall–Kier alpha value is -0.580. The fraction of sp³-hybridized carbons (Fsp3) is 0.647. The Morgan fingerprint density at radius 1 is 1.48 bits per heavy atom. The number of hydrogen-bond donors (Lipinski definition) is 1. The van der Waals surface area contributed by atoms with Gasteiger partial charge in [0.05, 0.1) is 16.7 Å². The molecule has 2 atom stereocenters. The molecular formula is C17H24BrNO2. The Morgan fingerprint density at radius 2 is 2.29 bits per heavy atom. The highest BCUT2D eigenvalue weighted by Crippen LogP contribution is 2.44. The maximum atomic E-state index is 6.37. The van der Waals surface area contributed by atoms with Gasteiger partial charge in [0.15, 0.2) is 0 Å². The van der Waals surface area contributed by atoms with Crippen molar-refractivity contribution in [1.29, 1.82) is 0 Å². The van der Waals surface area contributed by atoms with Gasteiger partial charge in [-0.15, -0.1) is 0 Å². The van der Waals surface area contributed by atoms with Crippen molar-refractivity contribution in [2.75, 3.05) is 6.61 Å². The van der Waals surface area contributed by atoms with Gasteiger partial charge in [-0.3, -0.25) is 0 Å². The third-order valence-corrected chi connectivity index (χ3v) is 5.21. The Morgan fingerprint density at radius 3 is 2.95 bits per heavy atom. The van der Waals surface area contributed by atoms with Gasteiger partial charge in [-0.05, 0) is 60.2 Å². The van der Waals surface area contributed by atoms with Gasteiger partial charge in [-0.2, -0.15) is 0 Å². The number of halogens is 1. The fourth-order valence-electron chi connectivity index (χ4n) is 3.36. The van der Waals surface area contributed by atoms with Crippen molar-refractivity contribution in [3.8, 4) is 5.75 Å². The van der Waals surface area contributed by atoms with Crippen molar-refractivity contribution < 1.29 is 9.47 Å². The van der Waals surface area contributed by atoms with Crippen LogP contribution < -0.4 is 10.5 Å². The maximum Gasteiger partial charge on any atom is 0.137 e. The summed E-state index contributed by atoms with van der Waals surface area (Å²) in [5, 5.41) is 0. The quantitative estimate of drug-likeness (QED) is 0.894. The first-order valence-corrected chi connectivity index (χ1v) is 8.71. The monoisotopic (exact) mass is 353 g/mol. The largest absolute Gasteiger partial charge is 0.489 e. The lowest BCUT2D eigenvalue weighted by atomic mass is 9.74. The topological polar surface area (TPSA) is 44.5 Å². The molecule has 0 aromatic heterocycles. The predicted molar refractivity (Wildman–Crippen MR) is 87.7 cm³/mol. The summed E-state index contributed by atoms with van der Waals surface area (Å²) in [5.41, 5.74) is 7.26. The second-order valence-electron chi connectivity index (χ2n) is 6.53. The van der Waals surface area contributed by atoms with Crippen LogP contribution in [-0.2, 0) is 11.2 Å². The van der Waals surface area contributed by atoms with E-state index in [2.05, 4.69) is 22.0 Å². The summed E-state index contributed by atoms with van der Waals surface area (Å²) >= 11 is 3.63. The van der Waals surface area contributed by atoms with Crippen LogP contribution in [0.2, 0.25) is 0 Å². The Labute approximate surface area is 135 Å². The van der Waals surface area contributed by atoms with Gasteiger partial charge in [0, 0.05) is 18.9 Å². The van der Waals surface area contributed by atoms with Gasteiger partial charge >= 0.3 is 0 Å².